The van der Waals surface area contributed by atoms with E-state index < -0.39 is 0 Å². The summed E-state index contributed by atoms with van der Waals surface area (Å²) in [6.07, 6.45) is 0.390. The summed E-state index contributed by atoms with van der Waals surface area (Å²) < 4.78 is 0. The molecule has 1 rings (SSSR count). The molecule has 7 nitrogen and oxygen atoms in total. The number of hydrogen-bond acceptors (Lipinski definition) is 6. The molecule has 1 aromatic heterocycles. The Hall–Kier alpha value is -1.63. The van der Waals surface area contributed by atoms with Crippen LogP contribution < -0.4 is 10.6 Å². The minimum absolute atomic E-state index is 0.106. The molecule has 0 radical (unpaired) electrons. The Bertz CT molecular complexity index is 438. The molecule has 0 bridgehead atoms. The zero-order valence-electron chi connectivity index (χ0n) is 12.1. The van der Waals surface area contributed by atoms with E-state index in [2.05, 4.69) is 25.6 Å². The molecule has 20 heavy (non-hydrogen) atoms. The third-order valence-electron chi connectivity index (χ3n) is 2.68. The van der Waals surface area contributed by atoms with E-state index in [9.17, 15) is 4.79 Å². The number of nitrogens with one attached hydrogen (secondary N) is 2. The van der Waals surface area contributed by atoms with Gasteiger partial charge in [-0.3, -0.25) is 4.79 Å². The number of halogens is 1. The van der Waals surface area contributed by atoms with Crippen molar-refractivity contribution in [1.82, 2.24) is 19.9 Å². The zero-order chi connectivity index (χ0) is 15.0. The topological polar surface area (TPSA) is 83.0 Å². The highest BCUT2D eigenvalue weighted by molar-refractivity contribution is 6.28. The maximum absolute atomic E-state index is 11.8. The van der Waals surface area contributed by atoms with E-state index in [0.717, 1.165) is 13.1 Å². The Balaban J connectivity index is 2.51. The van der Waals surface area contributed by atoms with Crippen LogP contribution in [0.15, 0.2) is 0 Å². The smallest absolute Gasteiger partial charge is 0.228 e. The van der Waals surface area contributed by atoms with Gasteiger partial charge in [-0.25, -0.2) is 0 Å². The fourth-order valence-electron chi connectivity index (χ4n) is 1.68. The summed E-state index contributed by atoms with van der Waals surface area (Å²) in [5.74, 6) is 0.896. The highest BCUT2D eigenvalue weighted by Crippen LogP contribution is 2.09. The fourth-order valence-corrected chi connectivity index (χ4v) is 1.84. The second-order valence-electron chi connectivity index (χ2n) is 4.02. The van der Waals surface area contributed by atoms with Gasteiger partial charge in [0.25, 0.3) is 0 Å². The van der Waals surface area contributed by atoms with E-state index in [-0.39, 0.29) is 11.2 Å². The minimum atomic E-state index is 0.106. The Morgan fingerprint density at radius 1 is 1.10 bits per heavy atom. The van der Waals surface area contributed by atoms with Crippen molar-refractivity contribution < 1.29 is 4.79 Å². The molecule has 1 heterocycles. The highest BCUT2D eigenvalue weighted by atomic mass is 35.5. The number of hydrogen-bond donors (Lipinski definition) is 2. The normalized spacial score (nSPS) is 10.2. The predicted octanol–water partition coefficient (Wildman–Crippen LogP) is 1.63. The molecule has 8 heteroatoms. The Morgan fingerprint density at radius 3 is 2.25 bits per heavy atom. The number of amides is 1. The molecular weight excluding hydrogens is 280 g/mol. The lowest BCUT2D eigenvalue weighted by Crippen LogP contribution is -2.31. The highest BCUT2D eigenvalue weighted by Gasteiger charge is 2.09. The number of carbonyl (C=O) groups excluding carboxylic acids is 1. The Kier molecular flexibility index (Phi) is 7.00. The first-order valence-corrected chi connectivity index (χ1v) is 7.15. The van der Waals surface area contributed by atoms with Crippen molar-refractivity contribution in [2.75, 3.05) is 36.8 Å². The first kappa shape index (κ1) is 16.4. The van der Waals surface area contributed by atoms with Crippen molar-refractivity contribution in [2.24, 2.45) is 0 Å². The minimum Gasteiger partial charge on any atom is -0.354 e. The van der Waals surface area contributed by atoms with E-state index in [0.29, 0.717) is 31.4 Å². The van der Waals surface area contributed by atoms with E-state index in [1.165, 1.54) is 0 Å². The van der Waals surface area contributed by atoms with Gasteiger partial charge >= 0.3 is 0 Å². The van der Waals surface area contributed by atoms with Crippen LogP contribution in [-0.2, 0) is 4.79 Å². The number of carbonyl (C=O) groups is 1. The van der Waals surface area contributed by atoms with Crippen LogP contribution in [-0.4, -0.2) is 51.9 Å². The average Bonchev–Trinajstić information content (AvgIpc) is 2.40. The number of rotatable bonds is 8. The zero-order valence-corrected chi connectivity index (χ0v) is 12.9. The molecule has 0 atom stereocenters. The van der Waals surface area contributed by atoms with Crippen LogP contribution in [0.2, 0.25) is 5.28 Å². The lowest BCUT2D eigenvalue weighted by molar-refractivity contribution is -0.130. The Morgan fingerprint density at radius 2 is 1.70 bits per heavy atom. The van der Waals surface area contributed by atoms with Gasteiger partial charge in [0.2, 0.25) is 23.1 Å². The van der Waals surface area contributed by atoms with Gasteiger partial charge < -0.3 is 15.5 Å². The molecule has 0 aliphatic carbocycles. The molecule has 1 aromatic rings. The molecule has 0 fully saturated rings. The van der Waals surface area contributed by atoms with Crippen LogP contribution >= 0.6 is 11.6 Å². The molecule has 0 unspecified atom stereocenters. The van der Waals surface area contributed by atoms with Crippen LogP contribution in [0.3, 0.4) is 0 Å². The van der Waals surface area contributed by atoms with Crippen LogP contribution in [0.1, 0.15) is 27.2 Å². The van der Waals surface area contributed by atoms with Crippen LogP contribution in [0.4, 0.5) is 11.9 Å². The van der Waals surface area contributed by atoms with Gasteiger partial charge in [-0.2, -0.15) is 15.0 Å². The van der Waals surface area contributed by atoms with E-state index in [1.54, 1.807) is 4.90 Å². The van der Waals surface area contributed by atoms with Gasteiger partial charge in [0.15, 0.2) is 0 Å². The van der Waals surface area contributed by atoms with Gasteiger partial charge in [-0.05, 0) is 32.4 Å². The van der Waals surface area contributed by atoms with Crippen molar-refractivity contribution in [3.8, 4) is 0 Å². The molecule has 0 saturated heterocycles. The SMILES string of the molecule is CCNc1nc(Cl)nc(NCCC(=O)N(CC)CC)n1. The summed E-state index contributed by atoms with van der Waals surface area (Å²) >= 11 is 5.81. The van der Waals surface area contributed by atoms with Crippen molar-refractivity contribution in [2.45, 2.75) is 27.2 Å². The molecule has 112 valence electrons. The second kappa shape index (κ2) is 8.52. The van der Waals surface area contributed by atoms with Gasteiger partial charge in [0, 0.05) is 32.6 Å². The lowest BCUT2D eigenvalue weighted by Gasteiger charge is -2.18. The average molecular weight is 301 g/mol. The first-order valence-electron chi connectivity index (χ1n) is 6.77. The summed E-state index contributed by atoms with van der Waals surface area (Å²) in [6, 6.07) is 0. The predicted molar refractivity (Wildman–Crippen MR) is 80.0 cm³/mol. The number of aromatic nitrogens is 3. The quantitative estimate of drug-likeness (QED) is 0.759. The third kappa shape index (κ3) is 5.16. The maximum atomic E-state index is 11.8. The Labute approximate surface area is 124 Å². The monoisotopic (exact) mass is 300 g/mol. The molecule has 2 N–H and O–H groups in total. The van der Waals surface area contributed by atoms with Crippen molar-refractivity contribution >= 4 is 29.4 Å². The van der Waals surface area contributed by atoms with E-state index >= 15 is 0 Å². The fraction of sp³-hybridized carbons (Fsp3) is 0.667. The van der Waals surface area contributed by atoms with E-state index in [1.807, 2.05) is 20.8 Å². The van der Waals surface area contributed by atoms with Gasteiger partial charge in [0.1, 0.15) is 0 Å². The standard InChI is InChI=1S/C12H21ClN6O/c1-4-14-11-16-10(13)17-12(18-11)15-8-7-9(20)19(5-2)6-3/h4-8H2,1-3H3,(H2,14,15,16,17,18). The van der Waals surface area contributed by atoms with Crippen LogP contribution in [0, 0.1) is 0 Å². The van der Waals surface area contributed by atoms with Gasteiger partial charge in [-0.1, -0.05) is 0 Å². The lowest BCUT2D eigenvalue weighted by atomic mass is 10.3. The summed E-state index contributed by atoms with van der Waals surface area (Å²) in [7, 11) is 0. The number of nitrogens with zero attached hydrogens (tertiary/aromatic N) is 4. The molecule has 0 aliphatic rings. The molecule has 0 aromatic carbocycles. The molecular formula is C12H21ClN6O. The summed E-state index contributed by atoms with van der Waals surface area (Å²) in [6.45, 7) is 8.45. The molecule has 0 spiro atoms. The third-order valence-corrected chi connectivity index (χ3v) is 2.85. The molecule has 0 saturated carbocycles. The van der Waals surface area contributed by atoms with Gasteiger partial charge in [0.05, 0.1) is 0 Å². The van der Waals surface area contributed by atoms with Crippen molar-refractivity contribution in [1.29, 1.82) is 0 Å². The van der Waals surface area contributed by atoms with Gasteiger partial charge in [-0.15, -0.1) is 0 Å². The van der Waals surface area contributed by atoms with Crippen molar-refractivity contribution in [3.63, 3.8) is 0 Å². The van der Waals surface area contributed by atoms with Crippen LogP contribution in [0.25, 0.3) is 0 Å². The number of anilines is 2. The molecule has 1 amide bonds. The molecule has 0 aliphatic heterocycles. The van der Waals surface area contributed by atoms with Crippen LogP contribution in [0.5, 0.6) is 0 Å². The first-order chi connectivity index (χ1) is 9.60. The summed E-state index contributed by atoms with van der Waals surface area (Å²) in [5.41, 5.74) is 0. The van der Waals surface area contributed by atoms with Crippen molar-refractivity contribution in [3.05, 3.63) is 5.28 Å². The summed E-state index contributed by atoms with van der Waals surface area (Å²) in [4.78, 5) is 25.7. The largest absolute Gasteiger partial charge is 0.354 e. The summed E-state index contributed by atoms with van der Waals surface area (Å²) in [5, 5.41) is 6.07. The maximum Gasteiger partial charge on any atom is 0.228 e. The van der Waals surface area contributed by atoms with E-state index in [4.69, 9.17) is 11.6 Å². The second-order valence-corrected chi connectivity index (χ2v) is 4.36.